The van der Waals surface area contributed by atoms with E-state index in [1.807, 2.05) is 0 Å². The Hall–Kier alpha value is -3.17. The molecule has 12 nitrogen and oxygen atoms in total. The molecular weight excluding hydrogens is 442 g/mol. The fourth-order valence-corrected chi connectivity index (χ4v) is 3.10. The average molecular weight is 472 g/mol. The summed E-state index contributed by atoms with van der Waals surface area (Å²) in [6, 6.07) is 0. The number of carbonyl (C=O) groups excluding carboxylic acids is 5. The fraction of sp³-hybridized carbons (Fsp3) is 0.667. The van der Waals surface area contributed by atoms with Crippen molar-refractivity contribution in [3.63, 3.8) is 0 Å². The van der Waals surface area contributed by atoms with Gasteiger partial charge in [0.1, 0.15) is 19.3 Å². The summed E-state index contributed by atoms with van der Waals surface area (Å²) >= 11 is 0. The molecule has 0 aromatic rings. The Morgan fingerprint density at radius 2 is 1.33 bits per heavy atom. The smallest absolute Gasteiger partial charge is 0.364 e. The van der Waals surface area contributed by atoms with Crippen LogP contribution in [0.3, 0.4) is 0 Å². The molecule has 1 aliphatic heterocycles. The summed E-state index contributed by atoms with van der Waals surface area (Å²) in [5, 5.41) is 0. The number of likely N-dealkylation sites (N-methyl/N-ethyl adjacent to an activating group) is 1. The first-order valence-electron chi connectivity index (χ1n) is 10.0. The molecule has 0 aromatic carbocycles. The van der Waals surface area contributed by atoms with Crippen molar-refractivity contribution in [2.45, 2.75) is 58.4 Å². The van der Waals surface area contributed by atoms with Gasteiger partial charge in [0, 0.05) is 27.7 Å². The molecular formula is C21H30NO11+. The van der Waals surface area contributed by atoms with E-state index in [2.05, 4.69) is 5.92 Å². The van der Waals surface area contributed by atoms with Crippen LogP contribution in [0.4, 0.5) is 0 Å². The van der Waals surface area contributed by atoms with E-state index in [9.17, 15) is 24.0 Å². The molecule has 0 aliphatic carbocycles. The quantitative estimate of drug-likeness (QED) is 0.182. The van der Waals surface area contributed by atoms with E-state index in [-0.39, 0.29) is 17.6 Å². The number of quaternary nitrogens is 1. The number of terminal acetylenes is 1. The van der Waals surface area contributed by atoms with Crippen LogP contribution in [0.1, 0.15) is 27.7 Å². The van der Waals surface area contributed by atoms with Gasteiger partial charge in [0.15, 0.2) is 18.8 Å². The van der Waals surface area contributed by atoms with Gasteiger partial charge in [-0.25, -0.2) is 4.79 Å². The molecule has 2 unspecified atom stereocenters. The lowest BCUT2D eigenvalue weighted by Gasteiger charge is -2.43. The van der Waals surface area contributed by atoms with Gasteiger partial charge in [0.2, 0.25) is 12.4 Å². The molecule has 33 heavy (non-hydrogen) atoms. The number of carbonyl (C=O) groups is 5. The first kappa shape index (κ1) is 27.9. The van der Waals surface area contributed by atoms with Crippen LogP contribution in [0.5, 0.6) is 0 Å². The van der Waals surface area contributed by atoms with Gasteiger partial charge in [0.25, 0.3) is 0 Å². The normalized spacial score (nSPS) is 24.6. The molecule has 0 saturated carbocycles. The summed E-state index contributed by atoms with van der Waals surface area (Å²) in [5.41, 5.74) is 0. The zero-order chi connectivity index (χ0) is 25.3. The van der Waals surface area contributed by atoms with Gasteiger partial charge in [0.05, 0.1) is 14.1 Å². The number of rotatable bonds is 9. The topological polar surface area (TPSA) is 141 Å². The minimum Gasteiger partial charge on any atom is -0.463 e. The maximum Gasteiger partial charge on any atom is 0.364 e. The summed E-state index contributed by atoms with van der Waals surface area (Å²) in [4.78, 5) is 59.1. The van der Waals surface area contributed by atoms with Gasteiger partial charge in [-0.3, -0.25) is 19.2 Å². The number of hydrogen-bond donors (Lipinski definition) is 0. The largest absolute Gasteiger partial charge is 0.463 e. The first-order valence-corrected chi connectivity index (χ1v) is 10.0. The van der Waals surface area contributed by atoms with Crippen molar-refractivity contribution in [3.05, 3.63) is 0 Å². The van der Waals surface area contributed by atoms with Crippen molar-refractivity contribution in [1.29, 1.82) is 0 Å². The number of ether oxygens (including phenoxy) is 6. The summed E-state index contributed by atoms with van der Waals surface area (Å²) in [5.74, 6) is -1.32. The van der Waals surface area contributed by atoms with Crippen LogP contribution in [0.2, 0.25) is 0 Å². The van der Waals surface area contributed by atoms with Crippen LogP contribution in [-0.4, -0.2) is 98.8 Å². The summed E-state index contributed by atoms with van der Waals surface area (Å²) in [7, 11) is 3.41. The third kappa shape index (κ3) is 9.46. The molecule has 0 amide bonds. The van der Waals surface area contributed by atoms with E-state index in [0.29, 0.717) is 0 Å². The first-order chi connectivity index (χ1) is 15.3. The monoisotopic (exact) mass is 472 g/mol. The summed E-state index contributed by atoms with van der Waals surface area (Å²) in [6.07, 6.45) is -1.69. The fourth-order valence-electron chi connectivity index (χ4n) is 3.10. The molecule has 184 valence electrons. The van der Waals surface area contributed by atoms with Gasteiger partial charge >= 0.3 is 29.8 Å². The predicted molar refractivity (Wildman–Crippen MR) is 109 cm³/mol. The van der Waals surface area contributed by atoms with Crippen molar-refractivity contribution < 1.29 is 56.9 Å². The highest BCUT2D eigenvalue weighted by molar-refractivity contribution is 5.71. The second-order valence-corrected chi connectivity index (χ2v) is 8.01. The molecule has 0 aromatic heterocycles. The van der Waals surface area contributed by atoms with E-state index in [4.69, 9.17) is 34.8 Å². The van der Waals surface area contributed by atoms with Crippen LogP contribution in [-0.2, 0) is 52.4 Å². The van der Waals surface area contributed by atoms with Crippen molar-refractivity contribution >= 4 is 29.8 Å². The number of nitrogens with zero attached hydrogens (tertiary/aromatic N) is 1. The third-order valence-electron chi connectivity index (χ3n) is 4.27. The van der Waals surface area contributed by atoms with Crippen LogP contribution in [0, 0.1) is 12.3 Å². The van der Waals surface area contributed by atoms with Gasteiger partial charge in [-0.05, 0) is 5.92 Å². The lowest BCUT2D eigenvalue weighted by atomic mass is 9.98. The van der Waals surface area contributed by atoms with Gasteiger partial charge in [-0.15, -0.1) is 6.42 Å². The lowest BCUT2D eigenvalue weighted by molar-refractivity contribution is -0.875. The molecule has 1 rings (SSSR count). The van der Waals surface area contributed by atoms with E-state index < -0.39 is 67.2 Å². The Morgan fingerprint density at radius 1 is 0.818 bits per heavy atom. The molecule has 1 heterocycles. The minimum absolute atomic E-state index is 0.0978. The van der Waals surface area contributed by atoms with Gasteiger partial charge in [-0.1, -0.05) is 0 Å². The highest BCUT2D eigenvalue weighted by Gasteiger charge is 2.54. The summed E-state index contributed by atoms with van der Waals surface area (Å²) in [6.45, 7) is 4.08. The van der Waals surface area contributed by atoms with Crippen molar-refractivity contribution in [3.8, 4) is 12.3 Å². The molecule has 1 aliphatic rings. The maximum atomic E-state index is 12.6. The van der Waals surface area contributed by atoms with E-state index in [0.717, 1.165) is 27.7 Å². The molecule has 0 bridgehead atoms. The highest BCUT2D eigenvalue weighted by Crippen LogP contribution is 2.30. The average Bonchev–Trinajstić information content (AvgIpc) is 2.63. The molecule has 0 spiro atoms. The Labute approximate surface area is 191 Å². The van der Waals surface area contributed by atoms with Crippen molar-refractivity contribution in [2.24, 2.45) is 0 Å². The van der Waals surface area contributed by atoms with E-state index >= 15 is 0 Å². The van der Waals surface area contributed by atoms with Gasteiger partial charge < -0.3 is 32.9 Å². The SMILES string of the molecule is C#CC[N+](C)(C)CC(=O)OC1OC(COC(C)=O)[C@@H](OC(C)=O)[C@H](OC(C)=O)[C@H]1OC(C)=O. The van der Waals surface area contributed by atoms with E-state index in [1.165, 1.54) is 0 Å². The molecule has 5 atom stereocenters. The van der Waals surface area contributed by atoms with Crippen LogP contribution in [0.25, 0.3) is 0 Å². The molecule has 1 fully saturated rings. The molecule has 12 heteroatoms. The second-order valence-electron chi connectivity index (χ2n) is 8.01. The predicted octanol–water partition coefficient (Wildman–Crippen LogP) is -0.678. The number of hydrogen-bond acceptors (Lipinski definition) is 11. The summed E-state index contributed by atoms with van der Waals surface area (Å²) < 4.78 is 31.9. The Morgan fingerprint density at radius 3 is 1.82 bits per heavy atom. The van der Waals surface area contributed by atoms with E-state index in [1.54, 1.807) is 14.1 Å². The highest BCUT2D eigenvalue weighted by atomic mass is 16.7. The van der Waals surface area contributed by atoms with Crippen molar-refractivity contribution in [2.75, 3.05) is 33.8 Å². The van der Waals surface area contributed by atoms with Crippen molar-refractivity contribution in [1.82, 2.24) is 0 Å². The minimum atomic E-state index is -1.57. The zero-order valence-electron chi connectivity index (χ0n) is 19.5. The molecule has 0 N–H and O–H groups in total. The van der Waals surface area contributed by atoms with Crippen LogP contribution >= 0.6 is 0 Å². The maximum absolute atomic E-state index is 12.6. The Bertz CT molecular complexity index is 801. The third-order valence-corrected chi connectivity index (χ3v) is 4.27. The Balaban J connectivity index is 3.32. The molecule has 1 saturated heterocycles. The lowest BCUT2D eigenvalue weighted by Crippen LogP contribution is -2.63. The van der Waals surface area contributed by atoms with Crippen LogP contribution < -0.4 is 0 Å². The van der Waals surface area contributed by atoms with Gasteiger partial charge in [-0.2, -0.15) is 0 Å². The standard InChI is InChI=1S/C21H30NO11/c1-8-9-22(6,7)10-17(27)33-21-20(31-15(5)26)19(30-14(4)25)18(29-13(3)24)16(32-21)11-28-12(2)23/h1,16,18-21H,9-11H2,2-7H3/q+1/t16?,18-,19+,20-,21?/m1/s1. The number of esters is 5. The second kappa shape index (κ2) is 12.2. The Kier molecular flexibility index (Phi) is 10.3. The zero-order valence-corrected chi connectivity index (χ0v) is 19.5. The molecule has 0 radical (unpaired) electrons. The van der Waals surface area contributed by atoms with Crippen LogP contribution in [0.15, 0.2) is 0 Å².